The number of hydrogen-bond donors (Lipinski definition) is 1. The first-order valence-corrected chi connectivity index (χ1v) is 5.20. The van der Waals surface area contributed by atoms with Crippen molar-refractivity contribution < 1.29 is 9.53 Å². The average molecular weight is 222 g/mol. The summed E-state index contributed by atoms with van der Waals surface area (Å²) in [5.74, 6) is 0.0706. The first-order chi connectivity index (χ1) is 7.61. The summed E-state index contributed by atoms with van der Waals surface area (Å²) in [6.45, 7) is 0.633. The van der Waals surface area contributed by atoms with Crippen LogP contribution in [0.4, 0.5) is 5.69 Å². The van der Waals surface area contributed by atoms with Gasteiger partial charge in [0.1, 0.15) is 0 Å². The van der Waals surface area contributed by atoms with Crippen LogP contribution in [0.1, 0.15) is 23.2 Å². The van der Waals surface area contributed by atoms with E-state index >= 15 is 0 Å². The van der Waals surface area contributed by atoms with E-state index in [0.29, 0.717) is 18.0 Å². The van der Waals surface area contributed by atoms with Gasteiger partial charge >= 0.3 is 5.97 Å². The molecule has 0 atom stereocenters. The fraction of sp³-hybridized carbons (Fsp3) is 0.455. The topological polar surface area (TPSA) is 74.3 Å². The van der Waals surface area contributed by atoms with E-state index in [9.17, 15) is 9.59 Å². The molecule has 5 nitrogen and oxygen atoms in total. The van der Waals surface area contributed by atoms with Crippen molar-refractivity contribution in [2.45, 2.75) is 19.4 Å². The molecule has 5 heteroatoms. The smallest absolute Gasteiger partial charge is 0.339 e. The molecule has 16 heavy (non-hydrogen) atoms. The summed E-state index contributed by atoms with van der Waals surface area (Å²) >= 11 is 0. The highest BCUT2D eigenvalue weighted by Crippen LogP contribution is 2.30. The van der Waals surface area contributed by atoms with Crippen LogP contribution in [0.25, 0.3) is 0 Å². The summed E-state index contributed by atoms with van der Waals surface area (Å²) in [6, 6.07) is 1.36. The summed E-state index contributed by atoms with van der Waals surface area (Å²) in [4.78, 5) is 23.0. The molecule has 0 aromatic carbocycles. The number of nitrogen functional groups attached to an aromatic ring is 1. The number of ether oxygens (including phenoxy) is 1. The number of anilines is 1. The van der Waals surface area contributed by atoms with E-state index in [1.165, 1.54) is 23.9 Å². The van der Waals surface area contributed by atoms with Gasteiger partial charge in [-0.05, 0) is 24.8 Å². The van der Waals surface area contributed by atoms with Gasteiger partial charge < -0.3 is 15.0 Å². The maximum Gasteiger partial charge on any atom is 0.339 e. The lowest BCUT2D eigenvalue weighted by atomic mass is 10.2. The molecule has 1 aromatic heterocycles. The molecule has 0 aliphatic heterocycles. The Morgan fingerprint density at radius 1 is 1.62 bits per heavy atom. The summed E-state index contributed by atoms with van der Waals surface area (Å²) in [5.41, 5.74) is 5.74. The van der Waals surface area contributed by atoms with Crippen LogP contribution in [0, 0.1) is 5.92 Å². The number of carbonyl (C=O) groups excluding carboxylic acids is 1. The SMILES string of the molecule is COC(=O)c1cc(N)c(=O)n(CC2CC2)c1. The lowest BCUT2D eigenvalue weighted by molar-refractivity contribution is 0.0599. The van der Waals surface area contributed by atoms with Gasteiger partial charge in [0.05, 0.1) is 18.4 Å². The molecule has 1 fully saturated rings. The Labute approximate surface area is 92.8 Å². The second-order valence-corrected chi connectivity index (χ2v) is 4.08. The van der Waals surface area contributed by atoms with E-state index in [4.69, 9.17) is 5.73 Å². The molecule has 2 N–H and O–H groups in total. The zero-order chi connectivity index (χ0) is 11.7. The van der Waals surface area contributed by atoms with Crippen molar-refractivity contribution in [3.05, 3.63) is 28.2 Å². The molecule has 0 radical (unpaired) electrons. The first-order valence-electron chi connectivity index (χ1n) is 5.20. The summed E-state index contributed by atoms with van der Waals surface area (Å²) in [6.07, 6.45) is 3.78. The van der Waals surface area contributed by atoms with Gasteiger partial charge in [-0.25, -0.2) is 4.79 Å². The third-order valence-electron chi connectivity index (χ3n) is 2.69. The molecule has 0 unspecified atom stereocenters. The molecule has 1 aromatic rings. The van der Waals surface area contributed by atoms with Crippen molar-refractivity contribution in [3.63, 3.8) is 0 Å². The summed E-state index contributed by atoms with van der Waals surface area (Å²) in [7, 11) is 1.30. The number of carbonyl (C=O) groups is 1. The summed E-state index contributed by atoms with van der Waals surface area (Å²) < 4.78 is 6.10. The molecule has 1 aliphatic carbocycles. The fourth-order valence-electron chi connectivity index (χ4n) is 1.60. The Kier molecular flexibility index (Phi) is 2.68. The van der Waals surface area contributed by atoms with Crippen LogP contribution >= 0.6 is 0 Å². The monoisotopic (exact) mass is 222 g/mol. The zero-order valence-corrected chi connectivity index (χ0v) is 9.10. The van der Waals surface area contributed by atoms with Crippen LogP contribution in [-0.4, -0.2) is 17.6 Å². The lowest BCUT2D eigenvalue weighted by Crippen LogP contribution is -2.25. The third kappa shape index (κ3) is 2.08. The minimum Gasteiger partial charge on any atom is -0.465 e. The maximum absolute atomic E-state index is 11.7. The first kappa shape index (κ1) is 10.7. The number of rotatable bonds is 3. The minimum absolute atomic E-state index is 0.0866. The molecule has 2 rings (SSSR count). The molecule has 1 saturated carbocycles. The highest BCUT2D eigenvalue weighted by molar-refractivity contribution is 5.89. The van der Waals surface area contributed by atoms with Crippen LogP contribution in [0.5, 0.6) is 0 Å². The van der Waals surface area contributed by atoms with Gasteiger partial charge in [0.2, 0.25) is 0 Å². The van der Waals surface area contributed by atoms with Crippen molar-refractivity contribution in [2.75, 3.05) is 12.8 Å². The molecule has 0 bridgehead atoms. The Bertz CT molecular complexity index is 475. The number of pyridine rings is 1. The largest absolute Gasteiger partial charge is 0.465 e. The number of hydrogen-bond acceptors (Lipinski definition) is 4. The highest BCUT2D eigenvalue weighted by Gasteiger charge is 2.23. The van der Waals surface area contributed by atoms with E-state index in [1.807, 2.05) is 0 Å². The third-order valence-corrected chi connectivity index (χ3v) is 2.69. The molecule has 0 spiro atoms. The van der Waals surface area contributed by atoms with Crippen molar-refractivity contribution in [1.82, 2.24) is 4.57 Å². The van der Waals surface area contributed by atoms with Crippen molar-refractivity contribution in [3.8, 4) is 0 Å². The van der Waals surface area contributed by atoms with Crippen molar-refractivity contribution in [1.29, 1.82) is 0 Å². The molecular formula is C11H14N2O3. The van der Waals surface area contributed by atoms with Crippen LogP contribution in [0.3, 0.4) is 0 Å². The minimum atomic E-state index is -0.476. The normalized spacial score (nSPS) is 14.8. The standard InChI is InChI=1S/C11H14N2O3/c1-16-11(15)8-4-9(12)10(14)13(6-8)5-7-2-3-7/h4,6-7H,2-3,5,12H2,1H3. The van der Waals surface area contributed by atoms with Crippen LogP contribution in [0.15, 0.2) is 17.1 Å². The zero-order valence-electron chi connectivity index (χ0n) is 9.10. The van der Waals surface area contributed by atoms with Crippen LogP contribution < -0.4 is 11.3 Å². The Morgan fingerprint density at radius 2 is 2.31 bits per heavy atom. The van der Waals surface area contributed by atoms with E-state index in [-0.39, 0.29) is 11.2 Å². The van der Waals surface area contributed by atoms with Gasteiger partial charge in [0.15, 0.2) is 0 Å². The molecular weight excluding hydrogens is 208 g/mol. The van der Waals surface area contributed by atoms with E-state index in [0.717, 1.165) is 12.8 Å². The van der Waals surface area contributed by atoms with Gasteiger partial charge in [-0.1, -0.05) is 0 Å². The predicted octanol–water partition coefficient (Wildman–Crippen LogP) is 0.627. The van der Waals surface area contributed by atoms with E-state index in [2.05, 4.69) is 4.74 Å². The number of methoxy groups -OCH3 is 1. The number of nitrogens with zero attached hydrogens (tertiary/aromatic N) is 1. The molecule has 86 valence electrons. The second-order valence-electron chi connectivity index (χ2n) is 4.08. The molecule has 0 amide bonds. The Balaban J connectivity index is 2.37. The average Bonchev–Trinajstić information content (AvgIpc) is 3.07. The van der Waals surface area contributed by atoms with Crippen LogP contribution in [0.2, 0.25) is 0 Å². The van der Waals surface area contributed by atoms with Crippen molar-refractivity contribution in [2.24, 2.45) is 5.92 Å². The predicted molar refractivity (Wildman–Crippen MR) is 59.2 cm³/mol. The van der Waals surface area contributed by atoms with Crippen LogP contribution in [-0.2, 0) is 11.3 Å². The maximum atomic E-state index is 11.7. The molecule has 0 saturated heterocycles. The van der Waals surface area contributed by atoms with E-state index < -0.39 is 5.97 Å². The van der Waals surface area contributed by atoms with E-state index in [1.54, 1.807) is 0 Å². The van der Waals surface area contributed by atoms with Gasteiger partial charge in [0, 0.05) is 12.7 Å². The fourth-order valence-corrected chi connectivity index (χ4v) is 1.60. The quantitative estimate of drug-likeness (QED) is 0.761. The Morgan fingerprint density at radius 3 is 2.88 bits per heavy atom. The number of aromatic nitrogens is 1. The van der Waals surface area contributed by atoms with Crippen molar-refractivity contribution >= 4 is 11.7 Å². The van der Waals surface area contributed by atoms with Gasteiger partial charge in [-0.3, -0.25) is 4.79 Å². The molecule has 1 heterocycles. The highest BCUT2D eigenvalue weighted by atomic mass is 16.5. The summed E-state index contributed by atoms with van der Waals surface area (Å²) in [5, 5.41) is 0. The van der Waals surface area contributed by atoms with Gasteiger partial charge in [-0.2, -0.15) is 0 Å². The van der Waals surface area contributed by atoms with Gasteiger partial charge in [-0.15, -0.1) is 0 Å². The molecule has 1 aliphatic rings. The number of esters is 1. The Hall–Kier alpha value is -1.78. The van der Waals surface area contributed by atoms with Gasteiger partial charge in [0.25, 0.3) is 5.56 Å². The number of nitrogens with two attached hydrogens (primary N) is 1. The second kappa shape index (κ2) is 4.00. The lowest BCUT2D eigenvalue weighted by Gasteiger charge is -2.08.